The molecule has 0 heterocycles. The molecule has 5 heteroatoms. The van der Waals surface area contributed by atoms with E-state index in [1.165, 1.54) is 0 Å². The molecule has 38 heavy (non-hydrogen) atoms. The zero-order valence-corrected chi connectivity index (χ0v) is 24.1. The molecule has 0 fully saturated rings. The summed E-state index contributed by atoms with van der Waals surface area (Å²) in [5, 5.41) is 43.1. The van der Waals surface area contributed by atoms with Gasteiger partial charge in [0.15, 0.2) is 0 Å². The van der Waals surface area contributed by atoms with Crippen LogP contribution in [-0.4, -0.2) is 58.1 Å². The van der Waals surface area contributed by atoms with E-state index in [1.807, 2.05) is 38.1 Å². The molecule has 2 aliphatic carbocycles. The second kappa shape index (κ2) is 12.9. The van der Waals surface area contributed by atoms with Gasteiger partial charge in [0.2, 0.25) is 0 Å². The molecule has 0 bridgehead atoms. The lowest BCUT2D eigenvalue weighted by Crippen LogP contribution is -2.24. The molecule has 4 N–H and O–H groups in total. The molecule has 1 aromatic carbocycles. The van der Waals surface area contributed by atoms with Crippen molar-refractivity contribution in [2.24, 2.45) is 11.3 Å². The molecule has 5 nitrogen and oxygen atoms in total. The number of hydrogen-bond acceptors (Lipinski definition) is 5. The standard InChI is InChI=1S/C33H48O5/c1-22-17-23(12-10-16-33(4,5)38-6)30(36)28(18-22)26-13-7-8-14-27(26)29-20-25(35)19-24(31(29)37)11-9-15-32(2,3)21-34/h7-8,13-14,17-20,22,25,30-31,34-37H,9-12,15-16,21H2,1-6H3. The normalized spacial score (nSPS) is 24.5. The molecular formula is C33H48O5. The van der Waals surface area contributed by atoms with Crippen LogP contribution >= 0.6 is 0 Å². The summed E-state index contributed by atoms with van der Waals surface area (Å²) in [7, 11) is 1.73. The van der Waals surface area contributed by atoms with E-state index in [4.69, 9.17) is 4.74 Å². The van der Waals surface area contributed by atoms with E-state index >= 15 is 0 Å². The Bertz CT molecular complexity index is 990. The minimum Gasteiger partial charge on any atom is -0.396 e. The van der Waals surface area contributed by atoms with Crippen LogP contribution in [0, 0.1) is 11.3 Å². The first-order valence-electron chi connectivity index (χ1n) is 14.0. The summed E-state index contributed by atoms with van der Waals surface area (Å²) >= 11 is 0. The van der Waals surface area contributed by atoms with Crippen LogP contribution in [0.5, 0.6) is 0 Å². The Kier molecular flexibility index (Phi) is 10.4. The van der Waals surface area contributed by atoms with Gasteiger partial charge in [-0.05, 0) is 103 Å². The highest BCUT2D eigenvalue weighted by Gasteiger charge is 2.30. The van der Waals surface area contributed by atoms with Gasteiger partial charge in [-0.2, -0.15) is 0 Å². The van der Waals surface area contributed by atoms with Crippen LogP contribution in [0.4, 0.5) is 0 Å². The molecule has 0 aromatic heterocycles. The molecule has 0 saturated carbocycles. The molecule has 2 aliphatic rings. The van der Waals surface area contributed by atoms with Gasteiger partial charge in [-0.3, -0.25) is 0 Å². The number of ether oxygens (including phenoxy) is 1. The number of allylic oxidation sites excluding steroid dienone is 2. The maximum Gasteiger partial charge on any atom is 0.101 e. The van der Waals surface area contributed by atoms with Crippen molar-refractivity contribution in [3.8, 4) is 0 Å². The van der Waals surface area contributed by atoms with E-state index < -0.39 is 18.3 Å². The first-order chi connectivity index (χ1) is 17.9. The van der Waals surface area contributed by atoms with Gasteiger partial charge >= 0.3 is 0 Å². The lowest BCUT2D eigenvalue weighted by molar-refractivity contribution is 0.0138. The fourth-order valence-corrected chi connectivity index (χ4v) is 5.46. The van der Waals surface area contributed by atoms with Crippen LogP contribution in [0.2, 0.25) is 0 Å². The van der Waals surface area contributed by atoms with Gasteiger partial charge < -0.3 is 25.2 Å². The molecule has 0 saturated heterocycles. The van der Waals surface area contributed by atoms with E-state index in [1.54, 1.807) is 19.3 Å². The Labute approximate surface area is 229 Å². The Morgan fingerprint density at radius 3 is 1.84 bits per heavy atom. The molecule has 0 amide bonds. The Morgan fingerprint density at radius 2 is 1.29 bits per heavy atom. The smallest absolute Gasteiger partial charge is 0.101 e. The highest BCUT2D eigenvalue weighted by Crippen LogP contribution is 2.39. The quantitative estimate of drug-likeness (QED) is 0.258. The third-order valence-electron chi connectivity index (χ3n) is 8.04. The number of benzene rings is 1. The third kappa shape index (κ3) is 7.77. The summed E-state index contributed by atoms with van der Waals surface area (Å²) in [4.78, 5) is 0. The Balaban J connectivity index is 1.82. The van der Waals surface area contributed by atoms with Crippen molar-refractivity contribution in [3.05, 3.63) is 70.8 Å². The van der Waals surface area contributed by atoms with E-state index in [2.05, 4.69) is 32.9 Å². The molecule has 0 radical (unpaired) electrons. The molecule has 3 rings (SSSR count). The first-order valence-corrected chi connectivity index (χ1v) is 14.0. The zero-order chi connectivity index (χ0) is 28.1. The zero-order valence-electron chi connectivity index (χ0n) is 24.1. The number of aliphatic hydroxyl groups is 4. The third-order valence-corrected chi connectivity index (χ3v) is 8.04. The van der Waals surface area contributed by atoms with Crippen molar-refractivity contribution in [2.45, 2.75) is 97.1 Å². The lowest BCUT2D eigenvalue weighted by Gasteiger charge is -2.30. The molecule has 1 aromatic rings. The number of rotatable bonds is 12. The summed E-state index contributed by atoms with van der Waals surface area (Å²) in [5.41, 5.74) is 4.68. The van der Waals surface area contributed by atoms with Crippen LogP contribution in [-0.2, 0) is 4.74 Å². The monoisotopic (exact) mass is 524 g/mol. The van der Waals surface area contributed by atoms with Crippen LogP contribution in [0.25, 0.3) is 11.1 Å². The SMILES string of the molecule is COC(C)(C)CCCC1=CC(C)C=C(c2ccccc2C2=CC(O)C=C(CCCC(C)(C)CO)C2O)C1O. The topological polar surface area (TPSA) is 90.2 Å². The second-order valence-electron chi connectivity index (χ2n) is 12.4. The minimum atomic E-state index is -0.832. The van der Waals surface area contributed by atoms with Crippen molar-refractivity contribution in [1.82, 2.24) is 0 Å². The van der Waals surface area contributed by atoms with Gasteiger partial charge in [-0.1, -0.05) is 63.3 Å². The van der Waals surface area contributed by atoms with Crippen LogP contribution < -0.4 is 0 Å². The van der Waals surface area contributed by atoms with E-state index in [0.29, 0.717) is 12.0 Å². The van der Waals surface area contributed by atoms with Gasteiger partial charge in [-0.15, -0.1) is 0 Å². The minimum absolute atomic E-state index is 0.117. The van der Waals surface area contributed by atoms with Crippen molar-refractivity contribution in [1.29, 1.82) is 0 Å². The largest absolute Gasteiger partial charge is 0.396 e. The summed E-state index contributed by atoms with van der Waals surface area (Å²) < 4.78 is 5.56. The predicted molar refractivity (Wildman–Crippen MR) is 155 cm³/mol. The summed E-state index contributed by atoms with van der Waals surface area (Å²) in [6, 6.07) is 7.85. The predicted octanol–water partition coefficient (Wildman–Crippen LogP) is 5.84. The van der Waals surface area contributed by atoms with E-state index in [9.17, 15) is 20.4 Å². The Hall–Kier alpha value is -2.02. The van der Waals surface area contributed by atoms with E-state index in [0.717, 1.165) is 60.0 Å². The van der Waals surface area contributed by atoms with Crippen molar-refractivity contribution in [3.63, 3.8) is 0 Å². The van der Waals surface area contributed by atoms with Crippen molar-refractivity contribution in [2.75, 3.05) is 13.7 Å². The highest BCUT2D eigenvalue weighted by atomic mass is 16.5. The maximum absolute atomic E-state index is 11.5. The number of hydrogen-bond donors (Lipinski definition) is 4. The molecule has 0 aliphatic heterocycles. The summed E-state index contributed by atoms with van der Waals surface area (Å²) in [5.74, 6) is 0.174. The fourth-order valence-electron chi connectivity index (χ4n) is 5.46. The van der Waals surface area contributed by atoms with Gasteiger partial charge in [0.1, 0.15) is 12.2 Å². The molecule has 210 valence electrons. The average Bonchev–Trinajstić information content (AvgIpc) is 2.87. The maximum atomic E-state index is 11.5. The average molecular weight is 525 g/mol. The molecule has 4 atom stereocenters. The summed E-state index contributed by atoms with van der Waals surface area (Å²) in [6.45, 7) is 10.5. The second-order valence-corrected chi connectivity index (χ2v) is 12.4. The van der Waals surface area contributed by atoms with Gasteiger partial charge in [-0.25, -0.2) is 0 Å². The molecule has 4 unspecified atom stereocenters. The first kappa shape index (κ1) is 30.5. The van der Waals surface area contributed by atoms with Gasteiger partial charge in [0.25, 0.3) is 0 Å². The number of aliphatic hydroxyl groups excluding tert-OH is 4. The van der Waals surface area contributed by atoms with Crippen molar-refractivity contribution >= 4 is 11.1 Å². The van der Waals surface area contributed by atoms with Gasteiger partial charge in [0.05, 0.1) is 11.7 Å². The number of methoxy groups -OCH3 is 1. The van der Waals surface area contributed by atoms with Crippen molar-refractivity contribution < 1.29 is 25.2 Å². The summed E-state index contributed by atoms with van der Waals surface area (Å²) in [6.07, 6.45) is 10.3. The Morgan fingerprint density at radius 1 is 0.763 bits per heavy atom. The van der Waals surface area contributed by atoms with Crippen LogP contribution in [0.1, 0.15) is 84.3 Å². The van der Waals surface area contributed by atoms with E-state index in [-0.39, 0.29) is 23.5 Å². The molecule has 0 spiro atoms. The van der Waals surface area contributed by atoms with Crippen LogP contribution in [0.15, 0.2) is 59.7 Å². The molecular weight excluding hydrogens is 476 g/mol. The fraction of sp³-hybridized carbons (Fsp3) is 0.576. The van der Waals surface area contributed by atoms with Crippen LogP contribution in [0.3, 0.4) is 0 Å². The highest BCUT2D eigenvalue weighted by molar-refractivity contribution is 5.86. The lowest BCUT2D eigenvalue weighted by atomic mass is 9.78. The van der Waals surface area contributed by atoms with Gasteiger partial charge in [0, 0.05) is 13.7 Å².